The van der Waals surface area contributed by atoms with Gasteiger partial charge in [0.2, 0.25) is 0 Å². The number of hydrogen-bond donors (Lipinski definition) is 1. The lowest BCUT2D eigenvalue weighted by Crippen LogP contribution is -2.31. The molecule has 0 spiro atoms. The van der Waals surface area contributed by atoms with Crippen molar-refractivity contribution in [3.63, 3.8) is 0 Å². The third-order valence-corrected chi connectivity index (χ3v) is 2.00. The minimum absolute atomic E-state index is 0.381. The molecule has 0 radical (unpaired) electrons. The van der Waals surface area contributed by atoms with Crippen LogP contribution in [0.15, 0.2) is 16.5 Å². The summed E-state index contributed by atoms with van der Waals surface area (Å²) in [6.07, 6.45) is 1.20. The van der Waals surface area contributed by atoms with Crippen molar-refractivity contribution in [2.45, 2.75) is 25.8 Å². The highest BCUT2D eigenvalue weighted by atomic mass is 16.5. The number of rotatable bonds is 4. The first kappa shape index (κ1) is 10.8. The first-order chi connectivity index (χ1) is 6.63. The van der Waals surface area contributed by atoms with Crippen LogP contribution in [0.1, 0.15) is 17.9 Å². The topological polar surface area (TPSA) is 65.5 Å². The van der Waals surface area contributed by atoms with Crippen LogP contribution in [0.25, 0.3) is 0 Å². The molecule has 1 rings (SSSR count). The molecule has 14 heavy (non-hydrogen) atoms. The standard InChI is InChI=1S/C10H15NO3/c1-7-3-4-8(14-7)5-6-9(11)10(12)13-2/h3-4,9H,5-6,11H2,1-2H3. The fourth-order valence-electron chi connectivity index (χ4n) is 1.19. The van der Waals surface area contributed by atoms with Crippen molar-refractivity contribution >= 4 is 5.97 Å². The maximum atomic E-state index is 11.0. The monoisotopic (exact) mass is 197 g/mol. The Morgan fingerprint density at radius 3 is 2.86 bits per heavy atom. The Morgan fingerprint density at radius 1 is 1.64 bits per heavy atom. The number of methoxy groups -OCH3 is 1. The molecule has 0 bridgehead atoms. The quantitative estimate of drug-likeness (QED) is 0.732. The van der Waals surface area contributed by atoms with Crippen LogP contribution in [0.3, 0.4) is 0 Å². The third kappa shape index (κ3) is 2.88. The molecule has 0 fully saturated rings. The van der Waals surface area contributed by atoms with Gasteiger partial charge in [0.25, 0.3) is 0 Å². The average Bonchev–Trinajstić information content (AvgIpc) is 2.59. The smallest absolute Gasteiger partial charge is 0.322 e. The lowest BCUT2D eigenvalue weighted by atomic mass is 10.1. The molecule has 1 heterocycles. The van der Waals surface area contributed by atoms with Gasteiger partial charge in [-0.3, -0.25) is 4.79 Å². The molecule has 78 valence electrons. The van der Waals surface area contributed by atoms with E-state index in [1.165, 1.54) is 7.11 Å². The van der Waals surface area contributed by atoms with Gasteiger partial charge in [-0.25, -0.2) is 0 Å². The minimum Gasteiger partial charge on any atom is -0.468 e. The summed E-state index contributed by atoms with van der Waals surface area (Å²) in [7, 11) is 1.33. The van der Waals surface area contributed by atoms with E-state index in [1.54, 1.807) is 0 Å². The molecule has 1 atom stereocenters. The van der Waals surface area contributed by atoms with E-state index in [9.17, 15) is 4.79 Å². The molecule has 1 aromatic heterocycles. The summed E-state index contributed by atoms with van der Waals surface area (Å²) in [6.45, 7) is 1.88. The van der Waals surface area contributed by atoms with Crippen molar-refractivity contribution in [2.75, 3.05) is 7.11 Å². The van der Waals surface area contributed by atoms with E-state index < -0.39 is 6.04 Å². The first-order valence-electron chi connectivity index (χ1n) is 4.52. The summed E-state index contributed by atoms with van der Waals surface area (Å²) >= 11 is 0. The zero-order valence-corrected chi connectivity index (χ0v) is 8.45. The number of carbonyl (C=O) groups is 1. The van der Waals surface area contributed by atoms with Crippen LogP contribution in [0.2, 0.25) is 0 Å². The maximum absolute atomic E-state index is 11.0. The number of nitrogens with two attached hydrogens (primary N) is 1. The number of esters is 1. The summed E-state index contributed by atoms with van der Waals surface area (Å²) in [5, 5.41) is 0. The van der Waals surface area contributed by atoms with Crippen LogP contribution in [-0.2, 0) is 16.0 Å². The predicted octanol–water partition coefficient (Wildman–Crippen LogP) is 1.02. The van der Waals surface area contributed by atoms with Crippen LogP contribution >= 0.6 is 0 Å². The van der Waals surface area contributed by atoms with Gasteiger partial charge in [0.15, 0.2) is 0 Å². The lowest BCUT2D eigenvalue weighted by molar-refractivity contribution is -0.142. The normalized spacial score (nSPS) is 12.5. The van der Waals surface area contributed by atoms with Crippen molar-refractivity contribution in [2.24, 2.45) is 5.73 Å². The van der Waals surface area contributed by atoms with E-state index in [0.717, 1.165) is 11.5 Å². The molecule has 1 aromatic rings. The van der Waals surface area contributed by atoms with E-state index in [0.29, 0.717) is 12.8 Å². The Labute approximate surface area is 83.0 Å². The molecule has 0 saturated heterocycles. The fraction of sp³-hybridized carbons (Fsp3) is 0.500. The van der Waals surface area contributed by atoms with Crippen LogP contribution < -0.4 is 5.73 Å². The van der Waals surface area contributed by atoms with Crippen LogP contribution in [0.5, 0.6) is 0 Å². The molecular formula is C10H15NO3. The van der Waals surface area contributed by atoms with Gasteiger partial charge < -0.3 is 14.9 Å². The maximum Gasteiger partial charge on any atom is 0.322 e. The fourth-order valence-corrected chi connectivity index (χ4v) is 1.19. The van der Waals surface area contributed by atoms with Crippen LogP contribution in [0, 0.1) is 6.92 Å². The molecule has 0 aliphatic heterocycles. The highest BCUT2D eigenvalue weighted by molar-refractivity contribution is 5.75. The molecule has 0 aliphatic carbocycles. The number of aryl methyl sites for hydroxylation is 2. The SMILES string of the molecule is COC(=O)C(N)CCc1ccc(C)o1. The molecule has 0 amide bonds. The van der Waals surface area contributed by atoms with E-state index in [1.807, 2.05) is 19.1 Å². The molecular weight excluding hydrogens is 182 g/mol. The molecule has 1 unspecified atom stereocenters. The number of hydrogen-bond acceptors (Lipinski definition) is 4. The molecule has 0 aliphatic rings. The summed E-state index contributed by atoms with van der Waals surface area (Å²) < 4.78 is 9.85. The average molecular weight is 197 g/mol. The van der Waals surface area contributed by atoms with Crippen molar-refractivity contribution in [1.29, 1.82) is 0 Å². The van der Waals surface area contributed by atoms with Gasteiger partial charge in [-0.15, -0.1) is 0 Å². The number of furan rings is 1. The van der Waals surface area contributed by atoms with E-state index in [-0.39, 0.29) is 5.97 Å². The van der Waals surface area contributed by atoms with Crippen LogP contribution in [0.4, 0.5) is 0 Å². The Hall–Kier alpha value is -1.29. The van der Waals surface area contributed by atoms with Crippen LogP contribution in [-0.4, -0.2) is 19.1 Å². The van der Waals surface area contributed by atoms with Gasteiger partial charge in [-0.05, 0) is 25.5 Å². The molecule has 0 aromatic carbocycles. The summed E-state index contributed by atoms with van der Waals surface area (Å²) in [6, 6.07) is 3.21. The molecule has 4 nitrogen and oxygen atoms in total. The lowest BCUT2D eigenvalue weighted by Gasteiger charge is -2.06. The Kier molecular flexibility index (Phi) is 3.71. The second-order valence-corrected chi connectivity index (χ2v) is 3.18. The zero-order valence-electron chi connectivity index (χ0n) is 8.45. The van der Waals surface area contributed by atoms with Crippen molar-refractivity contribution in [1.82, 2.24) is 0 Å². The van der Waals surface area contributed by atoms with Crippen molar-refractivity contribution < 1.29 is 13.9 Å². The summed E-state index contributed by atoms with van der Waals surface area (Å²) in [4.78, 5) is 11.0. The van der Waals surface area contributed by atoms with Gasteiger partial charge in [0, 0.05) is 6.42 Å². The predicted molar refractivity (Wildman–Crippen MR) is 51.8 cm³/mol. The molecule has 0 saturated carbocycles. The third-order valence-electron chi connectivity index (χ3n) is 2.00. The highest BCUT2D eigenvalue weighted by Gasteiger charge is 2.13. The van der Waals surface area contributed by atoms with Gasteiger partial charge in [0.1, 0.15) is 17.6 Å². The molecule has 2 N–H and O–H groups in total. The second kappa shape index (κ2) is 4.81. The second-order valence-electron chi connectivity index (χ2n) is 3.18. The Morgan fingerprint density at radius 2 is 2.36 bits per heavy atom. The van der Waals surface area contributed by atoms with Gasteiger partial charge in [0.05, 0.1) is 7.11 Å². The van der Waals surface area contributed by atoms with Crippen molar-refractivity contribution in [3.05, 3.63) is 23.7 Å². The van der Waals surface area contributed by atoms with Gasteiger partial charge in [-0.2, -0.15) is 0 Å². The molecule has 4 heteroatoms. The van der Waals surface area contributed by atoms with E-state index >= 15 is 0 Å². The zero-order chi connectivity index (χ0) is 10.6. The van der Waals surface area contributed by atoms with Gasteiger partial charge in [-0.1, -0.05) is 0 Å². The van der Waals surface area contributed by atoms with E-state index in [2.05, 4.69) is 4.74 Å². The van der Waals surface area contributed by atoms with E-state index in [4.69, 9.17) is 10.2 Å². The minimum atomic E-state index is -0.564. The highest BCUT2D eigenvalue weighted by Crippen LogP contribution is 2.09. The Balaban J connectivity index is 2.37. The van der Waals surface area contributed by atoms with Gasteiger partial charge >= 0.3 is 5.97 Å². The Bertz CT molecular complexity index is 306. The summed E-state index contributed by atoms with van der Waals surface area (Å²) in [5.41, 5.74) is 5.57. The number of ether oxygens (including phenoxy) is 1. The van der Waals surface area contributed by atoms with Crippen molar-refractivity contribution in [3.8, 4) is 0 Å². The summed E-state index contributed by atoms with van der Waals surface area (Å²) in [5.74, 6) is 1.33. The first-order valence-corrected chi connectivity index (χ1v) is 4.52. The number of carbonyl (C=O) groups excluding carboxylic acids is 1. The largest absolute Gasteiger partial charge is 0.468 e.